The van der Waals surface area contributed by atoms with Crippen LogP contribution < -0.4 is 19.8 Å². The van der Waals surface area contributed by atoms with Crippen LogP contribution in [0.4, 0.5) is 5.69 Å². The van der Waals surface area contributed by atoms with E-state index in [1.54, 1.807) is 4.57 Å². The maximum Gasteiger partial charge on any atom is 0.271 e. The van der Waals surface area contributed by atoms with Gasteiger partial charge in [-0.25, -0.2) is 4.99 Å². The van der Waals surface area contributed by atoms with Crippen LogP contribution in [0.5, 0.6) is 0 Å². The number of hydrogen-bond donors (Lipinski definition) is 0. The highest BCUT2D eigenvalue weighted by Gasteiger charge is 2.16. The fourth-order valence-corrected chi connectivity index (χ4v) is 4.36. The lowest BCUT2D eigenvalue weighted by molar-refractivity contribution is 0.569. The quantitative estimate of drug-likeness (QED) is 0.602. The summed E-state index contributed by atoms with van der Waals surface area (Å²) < 4.78 is 3.39. The zero-order chi connectivity index (χ0) is 18.3. The van der Waals surface area contributed by atoms with Crippen LogP contribution in [-0.2, 0) is 6.67 Å². The van der Waals surface area contributed by atoms with Crippen LogP contribution in [0, 0.1) is 6.92 Å². The second kappa shape index (κ2) is 7.02. The van der Waals surface area contributed by atoms with Crippen molar-refractivity contribution in [3.05, 3.63) is 82.8 Å². The molecule has 2 aromatic carbocycles. The molecule has 0 amide bonds. The molecule has 2 heterocycles. The first-order valence-electron chi connectivity index (χ1n) is 8.04. The monoisotopic (exact) mass is 447 g/mol. The van der Waals surface area contributed by atoms with Gasteiger partial charge in [0.2, 0.25) is 0 Å². The van der Waals surface area contributed by atoms with E-state index in [2.05, 4.69) is 20.9 Å². The summed E-state index contributed by atoms with van der Waals surface area (Å²) >= 11 is 11.1. The minimum absolute atomic E-state index is 0.0170. The molecule has 4 nitrogen and oxygen atoms in total. The molecular weight excluding hydrogens is 434 g/mol. The van der Waals surface area contributed by atoms with Crippen LogP contribution in [0.2, 0.25) is 5.02 Å². The average molecular weight is 449 g/mol. The summed E-state index contributed by atoms with van der Waals surface area (Å²) in [6, 6.07) is 13.8. The van der Waals surface area contributed by atoms with Gasteiger partial charge in [0.05, 0.1) is 4.53 Å². The molecule has 1 aromatic heterocycles. The van der Waals surface area contributed by atoms with Gasteiger partial charge in [-0.3, -0.25) is 9.36 Å². The highest BCUT2D eigenvalue weighted by Crippen LogP contribution is 2.23. The molecule has 1 aliphatic rings. The molecule has 0 saturated heterocycles. The number of anilines is 1. The lowest BCUT2D eigenvalue weighted by Gasteiger charge is -2.26. The molecule has 0 spiro atoms. The van der Waals surface area contributed by atoms with E-state index in [0.29, 0.717) is 17.9 Å². The number of fused-ring (bicyclic) bond motifs is 1. The lowest BCUT2D eigenvalue weighted by Crippen LogP contribution is -2.42. The van der Waals surface area contributed by atoms with E-state index in [4.69, 9.17) is 11.6 Å². The number of halogens is 2. The Labute approximate surface area is 167 Å². The van der Waals surface area contributed by atoms with Crippen LogP contribution in [0.1, 0.15) is 11.1 Å². The molecule has 3 aromatic rings. The first-order chi connectivity index (χ1) is 12.5. The number of hydrogen-bond acceptors (Lipinski definition) is 4. The summed E-state index contributed by atoms with van der Waals surface area (Å²) in [6.45, 7) is 2.95. The molecule has 0 saturated carbocycles. The molecule has 0 atom stereocenters. The molecule has 1 aliphatic heterocycles. The second-order valence-corrected chi connectivity index (χ2v) is 8.43. The third-order valence-corrected chi connectivity index (χ3v) is 6.19. The van der Waals surface area contributed by atoms with Crippen molar-refractivity contribution in [2.24, 2.45) is 4.99 Å². The van der Waals surface area contributed by atoms with Gasteiger partial charge in [0.1, 0.15) is 13.3 Å². The fourth-order valence-electron chi connectivity index (χ4n) is 2.80. The predicted octanol–water partition coefficient (Wildman–Crippen LogP) is 3.52. The summed E-state index contributed by atoms with van der Waals surface area (Å²) in [5.74, 6) is 0. The van der Waals surface area contributed by atoms with Gasteiger partial charge < -0.3 is 4.90 Å². The van der Waals surface area contributed by atoms with Crippen molar-refractivity contribution in [3.63, 3.8) is 0 Å². The summed E-state index contributed by atoms with van der Waals surface area (Å²) in [7, 11) is 0. The summed E-state index contributed by atoms with van der Waals surface area (Å²) in [5, 5.41) is 0.717. The van der Waals surface area contributed by atoms with Crippen LogP contribution in [0.25, 0.3) is 6.08 Å². The van der Waals surface area contributed by atoms with Gasteiger partial charge in [0.25, 0.3) is 5.56 Å². The minimum Gasteiger partial charge on any atom is -0.334 e. The Morgan fingerprint density at radius 1 is 1.27 bits per heavy atom. The van der Waals surface area contributed by atoms with Crippen molar-refractivity contribution < 1.29 is 0 Å². The van der Waals surface area contributed by atoms with Crippen molar-refractivity contribution in [2.75, 3.05) is 11.6 Å². The topological polar surface area (TPSA) is 37.6 Å². The van der Waals surface area contributed by atoms with Crippen molar-refractivity contribution >= 4 is 50.6 Å². The summed E-state index contributed by atoms with van der Waals surface area (Å²) in [6.07, 6.45) is 1.91. The maximum absolute atomic E-state index is 12.8. The first-order valence-corrected chi connectivity index (χ1v) is 10.0. The van der Waals surface area contributed by atoms with Gasteiger partial charge in [0, 0.05) is 15.2 Å². The standard InChI is InChI=1S/C19H15BrClN3OS/c1-12-5-6-15(9-16(12)21)23-10-22-19-24(11-23)18(25)17(26-19)8-13-3-2-4-14(20)7-13/h2-9H,10-11H2,1H3. The van der Waals surface area contributed by atoms with Crippen molar-refractivity contribution in [2.45, 2.75) is 13.6 Å². The molecule has 0 radical (unpaired) electrons. The zero-order valence-corrected chi connectivity index (χ0v) is 17.1. The Morgan fingerprint density at radius 3 is 2.88 bits per heavy atom. The third kappa shape index (κ3) is 3.37. The highest BCUT2D eigenvalue weighted by molar-refractivity contribution is 9.10. The van der Waals surface area contributed by atoms with E-state index >= 15 is 0 Å². The number of rotatable bonds is 2. The van der Waals surface area contributed by atoms with Gasteiger partial charge in [-0.1, -0.05) is 57.1 Å². The van der Waals surface area contributed by atoms with Gasteiger partial charge in [-0.2, -0.15) is 0 Å². The summed E-state index contributed by atoms with van der Waals surface area (Å²) in [5.41, 5.74) is 2.96. The number of aromatic nitrogens is 1. The third-order valence-electron chi connectivity index (χ3n) is 4.24. The van der Waals surface area contributed by atoms with Crippen LogP contribution in [0.3, 0.4) is 0 Å². The highest BCUT2D eigenvalue weighted by atomic mass is 79.9. The van der Waals surface area contributed by atoms with Crippen LogP contribution in [0.15, 0.2) is 56.7 Å². The molecule has 0 unspecified atom stereocenters. The van der Waals surface area contributed by atoms with E-state index in [1.807, 2.05) is 60.4 Å². The second-order valence-electron chi connectivity index (χ2n) is 6.10. The Bertz CT molecular complexity index is 1170. The number of thiazole rings is 1. The molecule has 132 valence electrons. The largest absolute Gasteiger partial charge is 0.334 e. The molecule has 0 bridgehead atoms. The fraction of sp³-hybridized carbons (Fsp3) is 0.158. The number of aryl methyl sites for hydroxylation is 1. The van der Waals surface area contributed by atoms with Crippen molar-refractivity contribution in [3.8, 4) is 0 Å². The molecule has 7 heteroatoms. The van der Waals surface area contributed by atoms with Gasteiger partial charge in [-0.15, -0.1) is 0 Å². The lowest BCUT2D eigenvalue weighted by atomic mass is 10.2. The normalized spacial score (nSPS) is 14.3. The zero-order valence-electron chi connectivity index (χ0n) is 13.9. The van der Waals surface area contributed by atoms with E-state index in [-0.39, 0.29) is 5.56 Å². The van der Waals surface area contributed by atoms with E-state index < -0.39 is 0 Å². The minimum atomic E-state index is -0.0170. The molecule has 0 N–H and O–H groups in total. The van der Waals surface area contributed by atoms with E-state index in [1.165, 1.54) is 11.3 Å². The van der Waals surface area contributed by atoms with Crippen molar-refractivity contribution in [1.29, 1.82) is 0 Å². The molecule has 0 aliphatic carbocycles. The molecule has 4 rings (SSSR count). The van der Waals surface area contributed by atoms with Crippen LogP contribution in [-0.4, -0.2) is 11.2 Å². The first kappa shape index (κ1) is 17.5. The summed E-state index contributed by atoms with van der Waals surface area (Å²) in [4.78, 5) is 20.2. The Hall–Kier alpha value is -1.89. The van der Waals surface area contributed by atoms with Crippen LogP contribution >= 0.6 is 38.9 Å². The van der Waals surface area contributed by atoms with Gasteiger partial charge in [0.15, 0.2) is 4.80 Å². The van der Waals surface area contributed by atoms with Gasteiger partial charge >= 0.3 is 0 Å². The average Bonchev–Trinajstić information content (AvgIpc) is 2.93. The number of nitrogens with zero attached hydrogens (tertiary/aromatic N) is 3. The molecule has 0 fully saturated rings. The Balaban J connectivity index is 1.72. The Morgan fingerprint density at radius 2 is 2.12 bits per heavy atom. The van der Waals surface area contributed by atoms with Gasteiger partial charge in [-0.05, 0) is 48.4 Å². The predicted molar refractivity (Wildman–Crippen MR) is 111 cm³/mol. The maximum atomic E-state index is 12.8. The SMILES string of the molecule is Cc1ccc(N2CN=c3sc(=Cc4cccc(Br)c4)c(=O)n3C2)cc1Cl. The van der Waals surface area contributed by atoms with E-state index in [0.717, 1.165) is 31.1 Å². The molecular formula is C19H15BrClN3OS. The van der Waals surface area contributed by atoms with E-state index in [9.17, 15) is 4.79 Å². The Kier molecular flexibility index (Phi) is 4.73. The smallest absolute Gasteiger partial charge is 0.271 e. The number of benzene rings is 2. The molecule has 26 heavy (non-hydrogen) atoms. The van der Waals surface area contributed by atoms with Crippen molar-refractivity contribution in [1.82, 2.24) is 4.57 Å².